The highest BCUT2D eigenvalue weighted by molar-refractivity contribution is 7.89. The van der Waals surface area contributed by atoms with Gasteiger partial charge in [0.25, 0.3) is 5.91 Å². The molecule has 0 aliphatic heterocycles. The van der Waals surface area contributed by atoms with Crippen molar-refractivity contribution < 1.29 is 13.2 Å². The fourth-order valence-electron chi connectivity index (χ4n) is 2.20. The summed E-state index contributed by atoms with van der Waals surface area (Å²) in [7, 11) is -3.67. The van der Waals surface area contributed by atoms with Crippen LogP contribution in [0.1, 0.15) is 27.3 Å². The molecule has 2 rings (SSSR count). The monoisotopic (exact) mass is 390 g/mol. The third-order valence-corrected chi connectivity index (χ3v) is 4.92. The van der Waals surface area contributed by atoms with Crippen LogP contribution in [-0.4, -0.2) is 32.1 Å². The largest absolute Gasteiger partial charge is 0.317 e. The Morgan fingerprint density at radius 1 is 1.42 bits per heavy atom. The fraction of sp³-hybridized carbons (Fsp3) is 0.235. The summed E-state index contributed by atoms with van der Waals surface area (Å²) in [5.74, 6) is -0.754. The number of carbonyl (C=O) groups excluding carboxylic acids is 1. The van der Waals surface area contributed by atoms with Crippen LogP contribution in [0.2, 0.25) is 0 Å². The number of hydrogen-bond acceptors (Lipinski definition) is 7. The summed E-state index contributed by atoms with van der Waals surface area (Å²) < 4.78 is 24.5. The fourth-order valence-corrected chi connectivity index (χ4v) is 3.58. The van der Waals surface area contributed by atoms with Gasteiger partial charge in [0.05, 0.1) is 17.9 Å². The maximum absolute atomic E-state index is 12.1. The van der Waals surface area contributed by atoms with E-state index in [0.717, 1.165) is 11.9 Å². The smallest absolute Gasteiger partial charge is 0.284 e. The van der Waals surface area contributed by atoms with Gasteiger partial charge in [-0.05, 0) is 37.6 Å². The number of rotatable bonds is 7. The summed E-state index contributed by atoms with van der Waals surface area (Å²) in [6.07, 6.45) is 3.37. The molecule has 0 atom stereocenters. The Balaban J connectivity index is 2.39. The lowest BCUT2D eigenvalue weighted by atomic mass is 10.2. The Bertz CT molecular complexity index is 957. The van der Waals surface area contributed by atoms with Gasteiger partial charge >= 0.3 is 0 Å². The number of hydrogen-bond donors (Lipinski definition) is 1. The van der Waals surface area contributed by atoms with Crippen LogP contribution in [0.5, 0.6) is 0 Å². The van der Waals surface area contributed by atoms with Crippen LogP contribution in [0, 0.1) is 18.3 Å². The van der Waals surface area contributed by atoms with E-state index >= 15 is 0 Å². The molecule has 0 spiro atoms. The summed E-state index contributed by atoms with van der Waals surface area (Å²) >= 11 is 1.29. The van der Waals surface area contributed by atoms with Gasteiger partial charge in [-0.3, -0.25) is 4.79 Å². The normalized spacial score (nSPS) is 10.8. The van der Waals surface area contributed by atoms with Crippen LogP contribution < -0.4 is 9.62 Å². The van der Waals surface area contributed by atoms with E-state index in [1.807, 2.05) is 9.62 Å². The summed E-state index contributed by atoms with van der Waals surface area (Å²) in [4.78, 5) is 19.0. The van der Waals surface area contributed by atoms with Gasteiger partial charge in [0, 0.05) is 17.1 Å². The molecular formula is C17H18N4O3S2. The topological polar surface area (TPSA) is 103 Å². The minimum atomic E-state index is -3.67. The predicted octanol–water partition coefficient (Wildman–Crippen LogP) is 2.73. The number of nitriles is 1. The molecule has 7 nitrogen and oxygen atoms in total. The minimum absolute atomic E-state index is 0.0765. The summed E-state index contributed by atoms with van der Waals surface area (Å²) in [6, 6.07) is 9.07. The molecule has 1 heterocycles. The Hall–Kier alpha value is -2.70. The number of anilines is 2. The zero-order valence-corrected chi connectivity index (χ0v) is 16.0. The molecule has 136 valence electrons. The molecule has 1 aromatic heterocycles. The lowest BCUT2D eigenvalue weighted by Crippen LogP contribution is -2.30. The molecule has 9 heteroatoms. The first kappa shape index (κ1) is 19.6. The number of nitrogens with zero attached hydrogens (tertiary/aromatic N) is 3. The highest BCUT2D eigenvalue weighted by Gasteiger charge is 2.21. The second-order valence-electron chi connectivity index (χ2n) is 5.49. The Morgan fingerprint density at radius 2 is 2.08 bits per heavy atom. The average Bonchev–Trinajstić information content (AvgIpc) is 2.96. The molecule has 0 aliphatic carbocycles. The van der Waals surface area contributed by atoms with E-state index in [1.165, 1.54) is 11.3 Å². The van der Waals surface area contributed by atoms with Gasteiger partial charge in [0.1, 0.15) is 5.69 Å². The highest BCUT2D eigenvalue weighted by Crippen LogP contribution is 2.32. The lowest BCUT2D eigenvalue weighted by Gasteiger charge is -2.21. The summed E-state index contributed by atoms with van der Waals surface area (Å²) in [5, 5.41) is 9.50. The Kier molecular flexibility index (Phi) is 6.13. The van der Waals surface area contributed by atoms with E-state index < -0.39 is 15.9 Å². The SMILES string of the molecule is C=CCCN(c1ccc(C#N)cc1)c1nc(C(=O)NS(C)(=O)=O)c(C)s1. The van der Waals surface area contributed by atoms with Gasteiger partial charge in [0.15, 0.2) is 5.13 Å². The second kappa shape index (κ2) is 8.12. The molecule has 0 saturated carbocycles. The second-order valence-corrected chi connectivity index (χ2v) is 8.42. The Morgan fingerprint density at radius 3 is 2.62 bits per heavy atom. The van der Waals surface area contributed by atoms with Gasteiger partial charge in [-0.15, -0.1) is 17.9 Å². The van der Waals surface area contributed by atoms with Crippen LogP contribution in [0.15, 0.2) is 36.9 Å². The van der Waals surface area contributed by atoms with Crippen LogP contribution in [0.25, 0.3) is 0 Å². The molecule has 0 aliphatic rings. The molecule has 0 saturated heterocycles. The first-order chi connectivity index (χ1) is 12.2. The maximum Gasteiger partial charge on any atom is 0.284 e. The van der Waals surface area contributed by atoms with Gasteiger partial charge in [-0.1, -0.05) is 6.08 Å². The van der Waals surface area contributed by atoms with E-state index in [0.29, 0.717) is 28.5 Å². The average molecular weight is 390 g/mol. The van der Waals surface area contributed by atoms with E-state index in [1.54, 1.807) is 37.3 Å². The van der Waals surface area contributed by atoms with Gasteiger partial charge < -0.3 is 4.90 Å². The molecule has 0 fully saturated rings. The van der Waals surface area contributed by atoms with E-state index in [4.69, 9.17) is 5.26 Å². The summed E-state index contributed by atoms with van der Waals surface area (Å²) in [5.41, 5.74) is 1.43. The van der Waals surface area contributed by atoms with Crippen LogP contribution in [-0.2, 0) is 10.0 Å². The number of carbonyl (C=O) groups is 1. The first-order valence-electron chi connectivity index (χ1n) is 7.63. The Labute approximate surface area is 156 Å². The van der Waals surface area contributed by atoms with Crippen molar-refractivity contribution in [3.05, 3.63) is 53.1 Å². The number of amides is 1. The quantitative estimate of drug-likeness (QED) is 0.729. The third kappa shape index (κ3) is 4.91. The zero-order valence-electron chi connectivity index (χ0n) is 14.4. The van der Waals surface area contributed by atoms with Crippen molar-refractivity contribution in [3.63, 3.8) is 0 Å². The van der Waals surface area contributed by atoms with Crippen molar-refractivity contribution in [2.75, 3.05) is 17.7 Å². The van der Waals surface area contributed by atoms with E-state index in [2.05, 4.69) is 17.6 Å². The standard InChI is InChI=1S/C17H18N4O3S2/c1-4-5-10-21(14-8-6-13(11-18)7-9-14)17-19-15(12(2)25-17)16(22)20-26(3,23)24/h4,6-9H,1,5,10H2,2-3H3,(H,20,22). The molecule has 1 aromatic carbocycles. The number of aromatic nitrogens is 1. The maximum atomic E-state index is 12.1. The number of benzene rings is 1. The molecule has 2 aromatic rings. The van der Waals surface area contributed by atoms with Crippen molar-refractivity contribution in [2.45, 2.75) is 13.3 Å². The van der Waals surface area contributed by atoms with E-state index in [-0.39, 0.29) is 5.69 Å². The molecular weight excluding hydrogens is 372 g/mol. The lowest BCUT2D eigenvalue weighted by molar-refractivity contribution is 0.0977. The van der Waals surface area contributed by atoms with Crippen LogP contribution >= 0.6 is 11.3 Å². The molecule has 26 heavy (non-hydrogen) atoms. The number of thiazole rings is 1. The van der Waals surface area contributed by atoms with Gasteiger partial charge in [-0.25, -0.2) is 18.1 Å². The highest BCUT2D eigenvalue weighted by atomic mass is 32.2. The van der Waals surface area contributed by atoms with Crippen molar-refractivity contribution in [1.82, 2.24) is 9.71 Å². The molecule has 1 N–H and O–H groups in total. The summed E-state index contributed by atoms with van der Waals surface area (Å²) in [6.45, 7) is 6.01. The number of nitrogens with one attached hydrogen (secondary N) is 1. The van der Waals surface area contributed by atoms with Crippen molar-refractivity contribution in [2.24, 2.45) is 0 Å². The van der Waals surface area contributed by atoms with Gasteiger partial charge in [-0.2, -0.15) is 5.26 Å². The minimum Gasteiger partial charge on any atom is -0.317 e. The molecule has 0 unspecified atom stereocenters. The van der Waals surface area contributed by atoms with Crippen molar-refractivity contribution in [3.8, 4) is 6.07 Å². The predicted molar refractivity (Wildman–Crippen MR) is 102 cm³/mol. The van der Waals surface area contributed by atoms with Crippen LogP contribution in [0.3, 0.4) is 0 Å². The number of sulfonamides is 1. The van der Waals surface area contributed by atoms with Gasteiger partial charge in [0.2, 0.25) is 10.0 Å². The first-order valence-corrected chi connectivity index (χ1v) is 10.3. The molecule has 1 amide bonds. The van der Waals surface area contributed by atoms with E-state index in [9.17, 15) is 13.2 Å². The zero-order chi connectivity index (χ0) is 19.3. The van der Waals surface area contributed by atoms with Crippen molar-refractivity contribution in [1.29, 1.82) is 5.26 Å². The molecule has 0 bridgehead atoms. The third-order valence-electron chi connectivity index (χ3n) is 3.37. The van der Waals surface area contributed by atoms with Crippen LogP contribution in [0.4, 0.5) is 10.8 Å². The van der Waals surface area contributed by atoms with Crippen molar-refractivity contribution >= 4 is 38.1 Å². The molecule has 0 radical (unpaired) electrons. The number of aryl methyl sites for hydroxylation is 1.